The molecule has 3 N–H and O–H groups in total. The molecule has 2 rings (SSSR count). The number of aliphatic hydroxyl groups is 2. The van der Waals surface area contributed by atoms with Crippen LogP contribution in [0.2, 0.25) is 0 Å². The molecule has 0 aliphatic carbocycles. The Hall–Kier alpha value is -1.92. The third-order valence-electron chi connectivity index (χ3n) is 2.90. The molecule has 0 spiro atoms. The zero-order valence-corrected chi connectivity index (χ0v) is 10.0. The number of rotatable bonds is 4. The summed E-state index contributed by atoms with van der Waals surface area (Å²) in [7, 11) is 0. The van der Waals surface area contributed by atoms with Crippen molar-refractivity contribution in [1.82, 2.24) is 0 Å². The van der Waals surface area contributed by atoms with Crippen molar-refractivity contribution < 1.29 is 15.4 Å². The van der Waals surface area contributed by atoms with Crippen LogP contribution in [0.5, 0.6) is 0 Å². The van der Waals surface area contributed by atoms with Crippen LogP contribution in [0.25, 0.3) is 0 Å². The molecule has 0 fully saturated rings. The Labute approximate surface area is 110 Å². The SMILES string of the molecule is [O-]N(O)c1ccccc1[C@@H](O)[C@@H](O)c1ccccc1. The number of anilines is 1. The summed E-state index contributed by atoms with van der Waals surface area (Å²) in [6.45, 7) is 0. The van der Waals surface area contributed by atoms with Crippen molar-refractivity contribution >= 4 is 5.69 Å². The van der Waals surface area contributed by atoms with Crippen LogP contribution in [0.1, 0.15) is 23.3 Å². The van der Waals surface area contributed by atoms with Crippen LogP contribution in [-0.4, -0.2) is 15.4 Å². The predicted molar refractivity (Wildman–Crippen MR) is 70.4 cm³/mol. The summed E-state index contributed by atoms with van der Waals surface area (Å²) >= 11 is 0. The first-order chi connectivity index (χ1) is 9.11. The lowest BCUT2D eigenvalue weighted by Crippen LogP contribution is -2.16. The van der Waals surface area contributed by atoms with Crippen LogP contribution < -0.4 is 5.23 Å². The number of benzene rings is 2. The van der Waals surface area contributed by atoms with E-state index in [0.717, 1.165) is 0 Å². The Morgan fingerprint density at radius 2 is 1.42 bits per heavy atom. The topological polar surface area (TPSA) is 87.0 Å². The molecule has 2 atom stereocenters. The summed E-state index contributed by atoms with van der Waals surface area (Å²) in [5, 5.41) is 39.9. The average Bonchev–Trinajstić information content (AvgIpc) is 2.46. The van der Waals surface area contributed by atoms with E-state index < -0.39 is 12.2 Å². The number of hydrogen-bond donors (Lipinski definition) is 3. The van der Waals surface area contributed by atoms with Crippen molar-refractivity contribution in [3.8, 4) is 0 Å². The highest BCUT2D eigenvalue weighted by Gasteiger charge is 2.22. The van der Waals surface area contributed by atoms with Gasteiger partial charge in [0.25, 0.3) is 0 Å². The molecule has 2 aromatic rings. The van der Waals surface area contributed by atoms with Crippen molar-refractivity contribution in [2.24, 2.45) is 0 Å². The van der Waals surface area contributed by atoms with E-state index in [2.05, 4.69) is 0 Å². The summed E-state index contributed by atoms with van der Waals surface area (Å²) in [6, 6.07) is 14.6. The van der Waals surface area contributed by atoms with Crippen LogP contribution in [0.15, 0.2) is 54.6 Å². The van der Waals surface area contributed by atoms with Gasteiger partial charge in [-0.25, -0.2) is 0 Å². The van der Waals surface area contributed by atoms with Gasteiger partial charge in [-0.05, 0) is 11.6 Å². The Morgan fingerprint density at radius 1 is 0.842 bits per heavy atom. The molecular formula is C14H14NO4-. The van der Waals surface area contributed by atoms with Gasteiger partial charge in [0, 0.05) is 5.56 Å². The zero-order chi connectivity index (χ0) is 13.8. The Kier molecular flexibility index (Phi) is 4.13. The minimum absolute atomic E-state index is 0.0926. The van der Waals surface area contributed by atoms with E-state index >= 15 is 0 Å². The van der Waals surface area contributed by atoms with Crippen molar-refractivity contribution in [2.45, 2.75) is 12.2 Å². The van der Waals surface area contributed by atoms with Crippen molar-refractivity contribution in [1.29, 1.82) is 0 Å². The van der Waals surface area contributed by atoms with Crippen molar-refractivity contribution in [2.75, 3.05) is 5.23 Å². The highest BCUT2D eigenvalue weighted by Crippen LogP contribution is 2.33. The largest absolute Gasteiger partial charge is 0.733 e. The van der Waals surface area contributed by atoms with Gasteiger partial charge in [-0.2, -0.15) is 0 Å². The Balaban J connectivity index is 2.32. The van der Waals surface area contributed by atoms with E-state index in [9.17, 15) is 15.4 Å². The summed E-state index contributed by atoms with van der Waals surface area (Å²) in [6.07, 6.45) is -2.48. The third-order valence-corrected chi connectivity index (χ3v) is 2.90. The van der Waals surface area contributed by atoms with E-state index in [1.165, 1.54) is 12.1 Å². The monoisotopic (exact) mass is 260 g/mol. The maximum atomic E-state index is 11.0. The van der Waals surface area contributed by atoms with Crippen LogP contribution >= 0.6 is 0 Å². The maximum absolute atomic E-state index is 11.0. The van der Waals surface area contributed by atoms with Crippen LogP contribution in [0, 0.1) is 5.21 Å². The lowest BCUT2D eigenvalue weighted by molar-refractivity contribution is 0.0171. The molecule has 0 aliphatic rings. The molecule has 0 aliphatic heterocycles. The second kappa shape index (κ2) is 5.81. The molecule has 0 saturated heterocycles. The summed E-state index contributed by atoms with van der Waals surface area (Å²) in [4.78, 5) is 0. The molecule has 0 unspecified atom stereocenters. The van der Waals surface area contributed by atoms with E-state index in [-0.39, 0.29) is 16.5 Å². The molecule has 5 heteroatoms. The summed E-state index contributed by atoms with van der Waals surface area (Å²) in [5.74, 6) is 0. The number of nitrogens with zero attached hydrogens (tertiary/aromatic N) is 1. The minimum atomic E-state index is -1.30. The highest BCUT2D eigenvalue weighted by molar-refractivity contribution is 5.53. The lowest BCUT2D eigenvalue weighted by atomic mass is 9.97. The Morgan fingerprint density at radius 3 is 2.05 bits per heavy atom. The quantitative estimate of drug-likeness (QED) is 0.733. The van der Waals surface area contributed by atoms with Gasteiger partial charge in [0.15, 0.2) is 0 Å². The first-order valence-electron chi connectivity index (χ1n) is 5.77. The number of aliphatic hydroxyl groups excluding tert-OH is 2. The fraction of sp³-hybridized carbons (Fsp3) is 0.143. The zero-order valence-electron chi connectivity index (χ0n) is 10.0. The second-order valence-corrected chi connectivity index (χ2v) is 4.13. The molecule has 19 heavy (non-hydrogen) atoms. The van der Waals surface area contributed by atoms with E-state index in [1.807, 2.05) is 0 Å². The summed E-state index contributed by atoms with van der Waals surface area (Å²) < 4.78 is 0. The fourth-order valence-corrected chi connectivity index (χ4v) is 1.91. The smallest absolute Gasteiger partial charge is 0.111 e. The molecule has 0 aromatic heterocycles. The van der Waals surface area contributed by atoms with Gasteiger partial charge in [-0.1, -0.05) is 48.5 Å². The molecule has 0 radical (unpaired) electrons. The average molecular weight is 260 g/mol. The molecule has 0 bridgehead atoms. The minimum Gasteiger partial charge on any atom is -0.733 e. The van der Waals surface area contributed by atoms with E-state index in [4.69, 9.17) is 5.21 Å². The molecular weight excluding hydrogens is 246 g/mol. The van der Waals surface area contributed by atoms with Gasteiger partial charge in [0.05, 0.1) is 5.69 Å². The lowest BCUT2D eigenvalue weighted by Gasteiger charge is -2.28. The van der Waals surface area contributed by atoms with Gasteiger partial charge < -0.3 is 20.6 Å². The van der Waals surface area contributed by atoms with Gasteiger partial charge in [0.2, 0.25) is 0 Å². The Bertz CT molecular complexity index is 530. The maximum Gasteiger partial charge on any atom is 0.111 e. The second-order valence-electron chi connectivity index (χ2n) is 4.13. The molecule has 0 saturated carbocycles. The number of para-hydroxylation sites is 1. The molecule has 2 aromatic carbocycles. The first-order valence-corrected chi connectivity index (χ1v) is 5.77. The van der Waals surface area contributed by atoms with Crippen molar-refractivity contribution in [3.63, 3.8) is 0 Å². The standard InChI is InChI=1S/C14H14NO4/c16-13(10-6-2-1-3-7-10)14(17)11-8-4-5-9-12(11)15(18)19/h1-9,13-14,16-18H/q-1/t13-,14+/m0/s1. The van der Waals surface area contributed by atoms with E-state index in [1.54, 1.807) is 42.5 Å². The van der Waals surface area contributed by atoms with Crippen LogP contribution in [-0.2, 0) is 0 Å². The van der Waals surface area contributed by atoms with E-state index in [0.29, 0.717) is 5.56 Å². The number of hydrogen-bond acceptors (Lipinski definition) is 5. The third kappa shape index (κ3) is 2.91. The van der Waals surface area contributed by atoms with Gasteiger partial charge in [-0.3, -0.25) is 5.21 Å². The summed E-state index contributed by atoms with van der Waals surface area (Å²) in [5.41, 5.74) is 0.599. The van der Waals surface area contributed by atoms with Crippen LogP contribution in [0.3, 0.4) is 0 Å². The fourth-order valence-electron chi connectivity index (χ4n) is 1.91. The molecule has 100 valence electrons. The molecule has 5 nitrogen and oxygen atoms in total. The van der Waals surface area contributed by atoms with Gasteiger partial charge in [-0.15, -0.1) is 0 Å². The van der Waals surface area contributed by atoms with Gasteiger partial charge in [0.1, 0.15) is 12.2 Å². The molecule has 0 heterocycles. The first kappa shape index (κ1) is 13.5. The molecule has 0 amide bonds. The highest BCUT2D eigenvalue weighted by atomic mass is 16.8. The predicted octanol–water partition coefficient (Wildman–Crippen LogP) is 2.15. The van der Waals surface area contributed by atoms with Crippen molar-refractivity contribution in [3.05, 3.63) is 70.9 Å². The van der Waals surface area contributed by atoms with Crippen LogP contribution in [0.4, 0.5) is 5.69 Å². The van der Waals surface area contributed by atoms with Gasteiger partial charge >= 0.3 is 0 Å². The normalized spacial score (nSPS) is 13.9.